The first-order chi connectivity index (χ1) is 10.5. The van der Waals surface area contributed by atoms with Crippen molar-refractivity contribution in [3.8, 4) is 5.75 Å². The van der Waals surface area contributed by atoms with E-state index in [2.05, 4.69) is 38.1 Å². The van der Waals surface area contributed by atoms with Crippen molar-refractivity contribution in [2.45, 2.75) is 45.4 Å². The summed E-state index contributed by atoms with van der Waals surface area (Å²) in [7, 11) is 1.73. The van der Waals surface area contributed by atoms with Crippen LogP contribution in [0.25, 0.3) is 6.08 Å². The standard InChI is InChI=1S/C20H24O2/c1-12-10-14(22-3)11-13-4-5-15-16(19(12)13)8-9-20(2)17(15)6-7-18(20)21/h4-5,10-11,15-17H,6-9H2,1-3H3/t15-,16+,17-,20-/m1/s1. The maximum Gasteiger partial charge on any atom is 0.139 e. The van der Waals surface area contributed by atoms with Crippen molar-refractivity contribution >= 4 is 11.9 Å². The minimum absolute atomic E-state index is 0.0661. The van der Waals surface area contributed by atoms with Gasteiger partial charge in [0, 0.05) is 11.8 Å². The van der Waals surface area contributed by atoms with Gasteiger partial charge in [-0.3, -0.25) is 4.79 Å². The Bertz CT molecular complexity index is 673. The molecule has 0 N–H and O–H groups in total. The van der Waals surface area contributed by atoms with E-state index in [4.69, 9.17) is 4.74 Å². The number of Topliss-reactive ketones (excluding diaryl/α,β-unsaturated/α-hetero) is 1. The van der Waals surface area contributed by atoms with Crippen LogP contribution in [0.1, 0.15) is 55.2 Å². The Morgan fingerprint density at radius 2 is 2.09 bits per heavy atom. The summed E-state index contributed by atoms with van der Waals surface area (Å²) in [6.07, 6.45) is 8.69. The molecule has 2 fully saturated rings. The second-order valence-corrected chi connectivity index (χ2v) is 7.51. The lowest BCUT2D eigenvalue weighted by atomic mass is 9.57. The van der Waals surface area contributed by atoms with Gasteiger partial charge in [0.2, 0.25) is 0 Å². The number of carbonyl (C=O) groups is 1. The van der Waals surface area contributed by atoms with Crippen molar-refractivity contribution < 1.29 is 9.53 Å². The molecule has 3 aliphatic rings. The van der Waals surface area contributed by atoms with Gasteiger partial charge < -0.3 is 4.74 Å². The van der Waals surface area contributed by atoms with E-state index in [9.17, 15) is 4.79 Å². The van der Waals surface area contributed by atoms with Gasteiger partial charge in [0.15, 0.2) is 0 Å². The molecule has 0 radical (unpaired) electrons. The van der Waals surface area contributed by atoms with Crippen LogP contribution in [-0.4, -0.2) is 12.9 Å². The topological polar surface area (TPSA) is 26.3 Å². The molecule has 4 atom stereocenters. The number of hydrogen-bond acceptors (Lipinski definition) is 2. The number of ketones is 1. The predicted octanol–water partition coefficient (Wildman–Crippen LogP) is 4.51. The molecule has 22 heavy (non-hydrogen) atoms. The Hall–Kier alpha value is -1.57. The van der Waals surface area contributed by atoms with Crippen molar-refractivity contribution in [2.24, 2.45) is 17.3 Å². The Morgan fingerprint density at radius 1 is 1.27 bits per heavy atom. The van der Waals surface area contributed by atoms with Crippen LogP contribution in [0.15, 0.2) is 18.2 Å². The molecule has 0 heterocycles. The first-order valence-electron chi connectivity index (χ1n) is 8.44. The van der Waals surface area contributed by atoms with Gasteiger partial charge in [-0.2, -0.15) is 0 Å². The summed E-state index contributed by atoms with van der Waals surface area (Å²) in [6.45, 7) is 4.42. The van der Waals surface area contributed by atoms with Crippen LogP contribution in [0, 0.1) is 24.2 Å². The number of allylic oxidation sites excluding steroid dienone is 1. The van der Waals surface area contributed by atoms with E-state index >= 15 is 0 Å². The molecule has 0 aliphatic heterocycles. The fraction of sp³-hybridized carbons (Fsp3) is 0.550. The molecular weight excluding hydrogens is 272 g/mol. The Labute approximate surface area is 132 Å². The number of carbonyl (C=O) groups excluding carboxylic acids is 1. The van der Waals surface area contributed by atoms with Gasteiger partial charge in [-0.1, -0.05) is 19.1 Å². The lowest BCUT2D eigenvalue weighted by Gasteiger charge is -2.46. The average molecular weight is 296 g/mol. The highest BCUT2D eigenvalue weighted by atomic mass is 16.5. The van der Waals surface area contributed by atoms with Gasteiger partial charge in [0.1, 0.15) is 11.5 Å². The highest BCUT2D eigenvalue weighted by Crippen LogP contribution is 2.59. The van der Waals surface area contributed by atoms with Gasteiger partial charge >= 0.3 is 0 Å². The third-order valence-corrected chi connectivity index (χ3v) is 6.54. The van der Waals surface area contributed by atoms with Crippen molar-refractivity contribution in [3.05, 3.63) is 34.9 Å². The van der Waals surface area contributed by atoms with Crippen molar-refractivity contribution in [2.75, 3.05) is 7.11 Å². The van der Waals surface area contributed by atoms with Crippen LogP contribution in [-0.2, 0) is 4.79 Å². The van der Waals surface area contributed by atoms with Gasteiger partial charge in [0.25, 0.3) is 0 Å². The first kappa shape index (κ1) is 14.0. The molecule has 2 nitrogen and oxygen atoms in total. The SMILES string of the molecule is COc1cc(C)c2c(c1)C=C[C@@H]1[C@@H]2CC[C@@]2(C)C(=O)CC[C@H]12. The Kier molecular flexibility index (Phi) is 3.01. The minimum atomic E-state index is -0.0661. The highest BCUT2D eigenvalue weighted by Gasteiger charge is 2.53. The molecule has 4 rings (SSSR count). The summed E-state index contributed by atoms with van der Waals surface area (Å²) in [5.74, 6) is 3.09. The first-order valence-corrected chi connectivity index (χ1v) is 8.44. The van der Waals surface area contributed by atoms with Crippen LogP contribution in [0.5, 0.6) is 5.75 Å². The monoisotopic (exact) mass is 296 g/mol. The van der Waals surface area contributed by atoms with E-state index in [1.807, 2.05) is 0 Å². The second kappa shape index (κ2) is 4.71. The number of methoxy groups -OCH3 is 1. The summed E-state index contributed by atoms with van der Waals surface area (Å²) in [6, 6.07) is 4.31. The summed E-state index contributed by atoms with van der Waals surface area (Å²) in [4.78, 5) is 12.4. The smallest absolute Gasteiger partial charge is 0.139 e. The number of aryl methyl sites for hydroxylation is 1. The molecule has 2 heteroatoms. The fourth-order valence-corrected chi connectivity index (χ4v) is 5.34. The fourth-order valence-electron chi connectivity index (χ4n) is 5.34. The van der Waals surface area contributed by atoms with E-state index in [-0.39, 0.29) is 5.41 Å². The molecular formula is C20H24O2. The van der Waals surface area contributed by atoms with Gasteiger partial charge in [-0.25, -0.2) is 0 Å². The van der Waals surface area contributed by atoms with Crippen LogP contribution < -0.4 is 4.74 Å². The third-order valence-electron chi connectivity index (χ3n) is 6.54. The zero-order valence-corrected chi connectivity index (χ0v) is 13.7. The normalized spacial score (nSPS) is 35.8. The number of ether oxygens (including phenoxy) is 1. The summed E-state index contributed by atoms with van der Waals surface area (Å²) in [5, 5.41) is 0. The molecule has 0 saturated heterocycles. The van der Waals surface area contributed by atoms with Crippen LogP contribution in [0.3, 0.4) is 0 Å². The Balaban J connectivity index is 1.78. The second-order valence-electron chi connectivity index (χ2n) is 7.51. The maximum atomic E-state index is 12.4. The van der Waals surface area contributed by atoms with Crippen LogP contribution >= 0.6 is 0 Å². The quantitative estimate of drug-likeness (QED) is 0.762. The van der Waals surface area contributed by atoms with Gasteiger partial charge in [-0.05, 0) is 72.8 Å². The van der Waals surface area contributed by atoms with Gasteiger partial charge in [0.05, 0.1) is 7.11 Å². The highest BCUT2D eigenvalue weighted by molar-refractivity contribution is 5.87. The molecule has 2 saturated carbocycles. The minimum Gasteiger partial charge on any atom is -0.497 e. The van der Waals surface area contributed by atoms with Crippen molar-refractivity contribution in [3.63, 3.8) is 0 Å². The molecule has 1 aromatic rings. The largest absolute Gasteiger partial charge is 0.497 e. The van der Waals surface area contributed by atoms with Gasteiger partial charge in [-0.15, -0.1) is 0 Å². The Morgan fingerprint density at radius 3 is 2.86 bits per heavy atom. The zero-order chi connectivity index (χ0) is 15.5. The summed E-state index contributed by atoms with van der Waals surface area (Å²) in [5.41, 5.74) is 4.07. The molecule has 0 spiro atoms. The zero-order valence-electron chi connectivity index (χ0n) is 13.7. The number of hydrogen-bond donors (Lipinski definition) is 0. The molecule has 3 aliphatic carbocycles. The summed E-state index contributed by atoms with van der Waals surface area (Å²) >= 11 is 0. The van der Waals surface area contributed by atoms with E-state index in [1.165, 1.54) is 16.7 Å². The van der Waals surface area contributed by atoms with Crippen molar-refractivity contribution in [1.29, 1.82) is 0 Å². The maximum absolute atomic E-state index is 12.4. The van der Waals surface area contributed by atoms with E-state index < -0.39 is 0 Å². The molecule has 116 valence electrons. The average Bonchev–Trinajstić information content (AvgIpc) is 2.82. The number of rotatable bonds is 1. The van der Waals surface area contributed by atoms with E-state index in [0.29, 0.717) is 23.5 Å². The predicted molar refractivity (Wildman–Crippen MR) is 88.1 cm³/mol. The molecule has 0 amide bonds. The van der Waals surface area contributed by atoms with Crippen molar-refractivity contribution in [1.82, 2.24) is 0 Å². The number of fused-ring (bicyclic) bond motifs is 5. The number of benzene rings is 1. The molecule has 0 bridgehead atoms. The molecule has 0 aromatic heterocycles. The lowest BCUT2D eigenvalue weighted by molar-refractivity contribution is -0.128. The lowest BCUT2D eigenvalue weighted by Crippen LogP contribution is -2.41. The van der Waals surface area contributed by atoms with Crippen LogP contribution in [0.2, 0.25) is 0 Å². The van der Waals surface area contributed by atoms with E-state index in [1.54, 1.807) is 7.11 Å². The molecule has 0 unspecified atom stereocenters. The third kappa shape index (κ3) is 1.76. The molecule has 1 aromatic carbocycles. The van der Waals surface area contributed by atoms with E-state index in [0.717, 1.165) is 31.4 Å². The van der Waals surface area contributed by atoms with Crippen LogP contribution in [0.4, 0.5) is 0 Å². The summed E-state index contributed by atoms with van der Waals surface area (Å²) < 4.78 is 5.42.